The molecular formula is C20H30N4O2. The van der Waals surface area contributed by atoms with Gasteiger partial charge < -0.3 is 9.88 Å². The SMILES string of the molecule is CCc1nc2cc(C=CC(=O)NO)ccc2n1CCNCCC(C)(C)C. The summed E-state index contributed by atoms with van der Waals surface area (Å²) in [5, 5.41) is 12.1. The predicted octanol–water partition coefficient (Wildman–Crippen LogP) is 3.14. The zero-order chi connectivity index (χ0) is 19.2. The van der Waals surface area contributed by atoms with Gasteiger partial charge in [-0.05, 0) is 42.2 Å². The molecule has 0 aliphatic rings. The molecule has 0 unspecified atom stereocenters. The molecule has 2 rings (SSSR count). The molecule has 0 aliphatic carbocycles. The molecule has 2 aromatic rings. The normalized spacial score (nSPS) is 12.2. The van der Waals surface area contributed by atoms with Gasteiger partial charge in [0, 0.05) is 25.6 Å². The Balaban J connectivity index is 2.09. The minimum atomic E-state index is -0.550. The summed E-state index contributed by atoms with van der Waals surface area (Å²) >= 11 is 0. The van der Waals surface area contributed by atoms with Crippen LogP contribution in [0.4, 0.5) is 0 Å². The Kier molecular flexibility index (Phi) is 6.94. The third-order valence-corrected chi connectivity index (χ3v) is 4.27. The van der Waals surface area contributed by atoms with Gasteiger partial charge in [0.2, 0.25) is 0 Å². The fraction of sp³-hybridized carbons (Fsp3) is 0.500. The predicted molar refractivity (Wildman–Crippen MR) is 105 cm³/mol. The van der Waals surface area contributed by atoms with Crippen LogP contribution < -0.4 is 10.8 Å². The lowest BCUT2D eigenvalue weighted by atomic mass is 9.92. The number of fused-ring (bicyclic) bond motifs is 1. The molecule has 1 heterocycles. The average Bonchev–Trinajstić information content (AvgIpc) is 2.95. The van der Waals surface area contributed by atoms with Crippen molar-refractivity contribution in [2.45, 2.75) is 47.1 Å². The molecule has 142 valence electrons. The van der Waals surface area contributed by atoms with E-state index in [1.54, 1.807) is 11.6 Å². The van der Waals surface area contributed by atoms with Gasteiger partial charge >= 0.3 is 0 Å². The van der Waals surface area contributed by atoms with Crippen LogP contribution in [0.5, 0.6) is 0 Å². The molecule has 0 fully saturated rings. The maximum Gasteiger partial charge on any atom is 0.267 e. The zero-order valence-electron chi connectivity index (χ0n) is 16.2. The second-order valence-corrected chi connectivity index (χ2v) is 7.65. The second kappa shape index (κ2) is 8.96. The first-order valence-corrected chi connectivity index (χ1v) is 9.16. The number of hydrogen-bond donors (Lipinski definition) is 3. The molecule has 0 saturated heterocycles. The van der Waals surface area contributed by atoms with Crippen molar-refractivity contribution in [3.63, 3.8) is 0 Å². The first-order valence-electron chi connectivity index (χ1n) is 9.16. The number of hydrogen-bond acceptors (Lipinski definition) is 4. The van der Waals surface area contributed by atoms with Crippen LogP contribution in [0.3, 0.4) is 0 Å². The van der Waals surface area contributed by atoms with Crippen LogP contribution in [-0.2, 0) is 17.8 Å². The molecule has 1 aromatic heterocycles. The third kappa shape index (κ3) is 5.68. The maximum absolute atomic E-state index is 11.1. The van der Waals surface area contributed by atoms with Gasteiger partial charge in [-0.2, -0.15) is 0 Å². The average molecular weight is 358 g/mol. The smallest absolute Gasteiger partial charge is 0.267 e. The number of imidazole rings is 1. The van der Waals surface area contributed by atoms with E-state index in [1.807, 2.05) is 18.2 Å². The van der Waals surface area contributed by atoms with Crippen molar-refractivity contribution >= 4 is 23.0 Å². The Morgan fingerprint density at radius 3 is 2.73 bits per heavy atom. The number of nitrogens with zero attached hydrogens (tertiary/aromatic N) is 2. The van der Waals surface area contributed by atoms with E-state index in [0.29, 0.717) is 5.41 Å². The molecule has 1 aromatic carbocycles. The molecule has 1 amide bonds. The molecular weight excluding hydrogens is 328 g/mol. The Morgan fingerprint density at radius 1 is 1.31 bits per heavy atom. The van der Waals surface area contributed by atoms with E-state index >= 15 is 0 Å². The minimum absolute atomic E-state index is 0.347. The van der Waals surface area contributed by atoms with Crippen LogP contribution in [0.1, 0.15) is 45.5 Å². The summed E-state index contributed by atoms with van der Waals surface area (Å²) in [6.45, 7) is 11.7. The van der Waals surface area contributed by atoms with Crippen molar-refractivity contribution in [3.05, 3.63) is 35.7 Å². The summed E-state index contributed by atoms with van der Waals surface area (Å²) in [6, 6.07) is 5.94. The Hall–Kier alpha value is -2.18. The van der Waals surface area contributed by atoms with E-state index < -0.39 is 5.91 Å². The number of aryl methyl sites for hydroxylation is 1. The number of benzene rings is 1. The number of carbonyl (C=O) groups excluding carboxylic acids is 1. The van der Waals surface area contributed by atoms with Gasteiger partial charge in [0.25, 0.3) is 5.91 Å². The standard InChI is InChI=1S/C20H30N4O2/c1-5-18-22-16-14-15(7-9-19(25)23-26)6-8-17(16)24(18)13-12-21-11-10-20(2,3)4/h6-9,14,21,26H,5,10-13H2,1-4H3,(H,23,25). The van der Waals surface area contributed by atoms with Crippen molar-refractivity contribution in [2.24, 2.45) is 5.41 Å². The van der Waals surface area contributed by atoms with E-state index in [-0.39, 0.29) is 0 Å². The van der Waals surface area contributed by atoms with Gasteiger partial charge in [-0.15, -0.1) is 0 Å². The van der Waals surface area contributed by atoms with Gasteiger partial charge in [0.05, 0.1) is 11.0 Å². The van der Waals surface area contributed by atoms with Crippen molar-refractivity contribution in [1.29, 1.82) is 0 Å². The Labute approximate surface area is 155 Å². The lowest BCUT2D eigenvalue weighted by molar-refractivity contribution is -0.124. The third-order valence-electron chi connectivity index (χ3n) is 4.27. The summed E-state index contributed by atoms with van der Waals surface area (Å²) in [4.78, 5) is 15.8. The van der Waals surface area contributed by atoms with Gasteiger partial charge in [-0.1, -0.05) is 33.8 Å². The van der Waals surface area contributed by atoms with Crippen molar-refractivity contribution in [1.82, 2.24) is 20.3 Å². The Morgan fingerprint density at radius 2 is 2.08 bits per heavy atom. The molecule has 0 aliphatic heterocycles. The number of aromatic nitrogens is 2. The summed E-state index contributed by atoms with van der Waals surface area (Å²) in [5.74, 6) is 0.512. The number of nitrogens with one attached hydrogen (secondary N) is 2. The number of rotatable bonds is 8. The van der Waals surface area contributed by atoms with Crippen LogP contribution in [0.25, 0.3) is 17.1 Å². The fourth-order valence-corrected chi connectivity index (χ4v) is 2.81. The van der Waals surface area contributed by atoms with Gasteiger partial charge in [-0.25, -0.2) is 10.5 Å². The van der Waals surface area contributed by atoms with Gasteiger partial charge in [0.15, 0.2) is 0 Å². The van der Waals surface area contributed by atoms with E-state index in [1.165, 1.54) is 6.08 Å². The van der Waals surface area contributed by atoms with Crippen LogP contribution >= 0.6 is 0 Å². The van der Waals surface area contributed by atoms with E-state index in [9.17, 15) is 4.79 Å². The molecule has 26 heavy (non-hydrogen) atoms. The van der Waals surface area contributed by atoms with Gasteiger partial charge in [-0.3, -0.25) is 10.0 Å². The molecule has 3 N–H and O–H groups in total. The number of amides is 1. The number of hydroxylamine groups is 1. The highest BCUT2D eigenvalue weighted by Crippen LogP contribution is 2.20. The largest absolute Gasteiger partial charge is 0.327 e. The summed E-state index contributed by atoms with van der Waals surface area (Å²) in [6.07, 6.45) is 4.96. The molecule has 0 atom stereocenters. The van der Waals surface area contributed by atoms with Gasteiger partial charge in [0.1, 0.15) is 5.82 Å². The Bertz CT molecular complexity index is 772. The van der Waals surface area contributed by atoms with Crippen LogP contribution in [0.2, 0.25) is 0 Å². The topological polar surface area (TPSA) is 79.2 Å². The van der Waals surface area contributed by atoms with E-state index in [4.69, 9.17) is 10.2 Å². The molecule has 0 saturated carbocycles. The quantitative estimate of drug-likeness (QED) is 0.293. The monoisotopic (exact) mass is 358 g/mol. The lowest BCUT2D eigenvalue weighted by Crippen LogP contribution is -2.24. The molecule has 0 spiro atoms. The lowest BCUT2D eigenvalue weighted by Gasteiger charge is -2.18. The highest BCUT2D eigenvalue weighted by atomic mass is 16.5. The zero-order valence-corrected chi connectivity index (χ0v) is 16.2. The summed E-state index contributed by atoms with van der Waals surface area (Å²) in [7, 11) is 0. The van der Waals surface area contributed by atoms with E-state index in [2.05, 4.69) is 37.6 Å². The van der Waals surface area contributed by atoms with Crippen LogP contribution in [0, 0.1) is 5.41 Å². The van der Waals surface area contributed by atoms with Crippen molar-refractivity contribution in [2.75, 3.05) is 13.1 Å². The molecule has 6 heteroatoms. The summed E-state index contributed by atoms with van der Waals surface area (Å²) < 4.78 is 2.26. The second-order valence-electron chi connectivity index (χ2n) is 7.65. The summed E-state index contributed by atoms with van der Waals surface area (Å²) in [5.41, 5.74) is 4.82. The van der Waals surface area contributed by atoms with Crippen molar-refractivity contribution < 1.29 is 10.0 Å². The number of carbonyl (C=O) groups is 1. The minimum Gasteiger partial charge on any atom is -0.327 e. The molecule has 0 radical (unpaired) electrons. The fourth-order valence-electron chi connectivity index (χ4n) is 2.81. The highest BCUT2D eigenvalue weighted by Gasteiger charge is 2.11. The molecule has 6 nitrogen and oxygen atoms in total. The highest BCUT2D eigenvalue weighted by molar-refractivity contribution is 5.91. The first-order chi connectivity index (χ1) is 12.3. The first kappa shape index (κ1) is 20.1. The molecule has 0 bridgehead atoms. The van der Waals surface area contributed by atoms with Crippen LogP contribution in [-0.4, -0.2) is 33.8 Å². The van der Waals surface area contributed by atoms with Crippen LogP contribution in [0.15, 0.2) is 24.3 Å². The van der Waals surface area contributed by atoms with Crippen molar-refractivity contribution in [3.8, 4) is 0 Å². The van der Waals surface area contributed by atoms with E-state index in [0.717, 1.165) is 54.9 Å². The maximum atomic E-state index is 11.1.